The molecule has 2 bridgehead atoms. The molecule has 1 aromatic carbocycles. The Morgan fingerprint density at radius 2 is 1.96 bits per heavy atom. The van der Waals surface area contributed by atoms with Crippen LogP contribution >= 0.6 is 0 Å². The predicted octanol–water partition coefficient (Wildman–Crippen LogP) is 3.73. The molecule has 3 saturated heterocycles. The number of rotatable bonds is 2. The zero-order valence-electron chi connectivity index (χ0n) is 16.3. The predicted molar refractivity (Wildman–Crippen MR) is 106 cm³/mol. The van der Waals surface area contributed by atoms with Crippen molar-refractivity contribution in [3.05, 3.63) is 41.5 Å². The Bertz CT molecular complexity index is 741. The molecule has 0 spiro atoms. The standard InChI is InChI=1S/C23H30N2O2/c1-27-20-9-7-16(8-10-20)23(26)25-12-4-5-17-13-18-14-19(22(17)25)15-24-11-3-2-6-21(18)24/h7-10,13,18-19,21-22H,2-6,11-12,14-15H2,1H3/t18-,19-,21+,22+/m1/s1. The first-order valence-corrected chi connectivity index (χ1v) is 10.6. The van der Waals surface area contributed by atoms with E-state index in [1.165, 1.54) is 45.2 Å². The minimum Gasteiger partial charge on any atom is -0.497 e. The highest BCUT2D eigenvalue weighted by molar-refractivity contribution is 5.95. The number of likely N-dealkylation sites (tertiary alicyclic amines) is 1. The topological polar surface area (TPSA) is 32.8 Å². The first-order chi connectivity index (χ1) is 13.2. The van der Waals surface area contributed by atoms with E-state index in [9.17, 15) is 4.79 Å². The summed E-state index contributed by atoms with van der Waals surface area (Å²) in [5, 5.41) is 0. The summed E-state index contributed by atoms with van der Waals surface area (Å²) in [6.07, 6.45) is 10.2. The monoisotopic (exact) mass is 366 g/mol. The molecule has 27 heavy (non-hydrogen) atoms. The van der Waals surface area contributed by atoms with Gasteiger partial charge in [-0.25, -0.2) is 0 Å². The number of ether oxygens (including phenoxy) is 1. The molecule has 4 nitrogen and oxygen atoms in total. The van der Waals surface area contributed by atoms with Crippen molar-refractivity contribution in [3.63, 3.8) is 0 Å². The third-order valence-corrected chi connectivity index (χ3v) is 7.26. The molecule has 1 amide bonds. The number of carbonyl (C=O) groups excluding carboxylic acids is 1. The molecule has 4 atom stereocenters. The van der Waals surface area contributed by atoms with E-state index in [2.05, 4.69) is 15.9 Å². The van der Waals surface area contributed by atoms with Crippen LogP contribution in [0.1, 0.15) is 48.9 Å². The fourth-order valence-corrected chi connectivity index (χ4v) is 6.10. The lowest BCUT2D eigenvalue weighted by Crippen LogP contribution is -2.60. The molecule has 3 fully saturated rings. The Hall–Kier alpha value is -1.81. The van der Waals surface area contributed by atoms with Gasteiger partial charge in [0.05, 0.1) is 13.2 Å². The minimum absolute atomic E-state index is 0.187. The zero-order chi connectivity index (χ0) is 18.4. The minimum atomic E-state index is 0.187. The van der Waals surface area contributed by atoms with Crippen LogP contribution in [0.15, 0.2) is 35.9 Å². The molecule has 4 aliphatic rings. The summed E-state index contributed by atoms with van der Waals surface area (Å²) in [4.78, 5) is 18.3. The molecular formula is C23H30N2O2. The van der Waals surface area contributed by atoms with Crippen molar-refractivity contribution in [2.75, 3.05) is 26.7 Å². The SMILES string of the molecule is COc1ccc(C(=O)N2CCCC3=C[C@@H]4C[C@H](CN5CCCC[C@@H]45)[C@H]32)cc1. The molecule has 3 aliphatic heterocycles. The number of hydrogen-bond acceptors (Lipinski definition) is 3. The Labute approximate surface area is 162 Å². The number of hydrogen-bond donors (Lipinski definition) is 0. The van der Waals surface area contributed by atoms with Gasteiger partial charge in [-0.05, 0) is 74.8 Å². The zero-order valence-corrected chi connectivity index (χ0v) is 16.3. The molecule has 0 aromatic heterocycles. The number of methoxy groups -OCH3 is 1. The van der Waals surface area contributed by atoms with Gasteiger partial charge in [0.2, 0.25) is 0 Å². The molecule has 5 rings (SSSR count). The Morgan fingerprint density at radius 1 is 1.11 bits per heavy atom. The van der Waals surface area contributed by atoms with E-state index in [4.69, 9.17) is 4.74 Å². The summed E-state index contributed by atoms with van der Waals surface area (Å²) in [6.45, 7) is 3.31. The molecule has 0 radical (unpaired) electrons. The quantitative estimate of drug-likeness (QED) is 0.748. The maximum absolute atomic E-state index is 13.3. The van der Waals surface area contributed by atoms with Crippen LogP contribution in [0.25, 0.3) is 0 Å². The van der Waals surface area contributed by atoms with Crippen LogP contribution in [0.3, 0.4) is 0 Å². The lowest BCUT2D eigenvalue weighted by molar-refractivity contribution is 0.00147. The van der Waals surface area contributed by atoms with Gasteiger partial charge in [0.1, 0.15) is 5.75 Å². The van der Waals surface area contributed by atoms with Gasteiger partial charge < -0.3 is 9.64 Å². The Kier molecular flexibility index (Phi) is 4.47. The van der Waals surface area contributed by atoms with Crippen LogP contribution in [0.2, 0.25) is 0 Å². The lowest BCUT2D eigenvalue weighted by atomic mass is 9.68. The first-order valence-electron chi connectivity index (χ1n) is 10.6. The van der Waals surface area contributed by atoms with E-state index in [0.717, 1.165) is 30.3 Å². The first kappa shape index (κ1) is 17.3. The van der Waals surface area contributed by atoms with Crippen LogP contribution in [0.5, 0.6) is 5.75 Å². The smallest absolute Gasteiger partial charge is 0.254 e. The third-order valence-electron chi connectivity index (χ3n) is 7.26. The second-order valence-corrected chi connectivity index (χ2v) is 8.73. The summed E-state index contributed by atoms with van der Waals surface area (Å²) in [6, 6.07) is 8.68. The number of amides is 1. The van der Waals surface area contributed by atoms with E-state index < -0.39 is 0 Å². The van der Waals surface area contributed by atoms with Crippen molar-refractivity contribution < 1.29 is 9.53 Å². The van der Waals surface area contributed by atoms with E-state index in [0.29, 0.717) is 17.9 Å². The van der Waals surface area contributed by atoms with E-state index in [-0.39, 0.29) is 5.91 Å². The molecule has 0 unspecified atom stereocenters. The van der Waals surface area contributed by atoms with E-state index >= 15 is 0 Å². The maximum atomic E-state index is 13.3. The van der Waals surface area contributed by atoms with E-state index in [1.54, 1.807) is 12.7 Å². The highest BCUT2D eigenvalue weighted by atomic mass is 16.5. The number of fused-ring (bicyclic) bond motifs is 6. The highest BCUT2D eigenvalue weighted by Crippen LogP contribution is 2.45. The van der Waals surface area contributed by atoms with Gasteiger partial charge in [-0.2, -0.15) is 0 Å². The van der Waals surface area contributed by atoms with Crippen LogP contribution in [0.4, 0.5) is 0 Å². The van der Waals surface area contributed by atoms with Crippen molar-refractivity contribution in [1.29, 1.82) is 0 Å². The van der Waals surface area contributed by atoms with Crippen molar-refractivity contribution in [2.45, 2.75) is 50.6 Å². The van der Waals surface area contributed by atoms with Gasteiger partial charge >= 0.3 is 0 Å². The second kappa shape index (κ2) is 6.97. The van der Waals surface area contributed by atoms with Crippen molar-refractivity contribution >= 4 is 5.91 Å². The molecule has 0 N–H and O–H groups in total. The summed E-state index contributed by atoms with van der Waals surface area (Å²) >= 11 is 0. The normalized spacial score (nSPS) is 32.9. The molecular weight excluding hydrogens is 336 g/mol. The Balaban J connectivity index is 1.43. The average molecular weight is 367 g/mol. The number of benzene rings is 1. The average Bonchev–Trinajstić information content (AvgIpc) is 2.73. The molecule has 144 valence electrons. The number of piperidine rings is 3. The van der Waals surface area contributed by atoms with Gasteiger partial charge in [0, 0.05) is 24.7 Å². The van der Waals surface area contributed by atoms with Gasteiger partial charge in [0.15, 0.2) is 0 Å². The largest absolute Gasteiger partial charge is 0.497 e. The summed E-state index contributed by atoms with van der Waals surface area (Å²) in [7, 11) is 1.66. The molecule has 4 heteroatoms. The molecule has 1 aliphatic carbocycles. The fourth-order valence-electron chi connectivity index (χ4n) is 6.10. The third kappa shape index (κ3) is 2.98. The summed E-state index contributed by atoms with van der Waals surface area (Å²) in [5.41, 5.74) is 2.33. The highest BCUT2D eigenvalue weighted by Gasteiger charge is 2.46. The van der Waals surface area contributed by atoms with Gasteiger partial charge in [0.25, 0.3) is 5.91 Å². The second-order valence-electron chi connectivity index (χ2n) is 8.73. The van der Waals surface area contributed by atoms with Crippen LogP contribution in [0, 0.1) is 11.8 Å². The molecule has 1 aromatic rings. The summed E-state index contributed by atoms with van der Waals surface area (Å²) < 4.78 is 5.24. The van der Waals surface area contributed by atoms with Crippen molar-refractivity contribution in [2.24, 2.45) is 11.8 Å². The number of nitrogens with zero attached hydrogens (tertiary/aromatic N) is 2. The van der Waals surface area contributed by atoms with Gasteiger partial charge in [-0.3, -0.25) is 9.69 Å². The molecule has 0 saturated carbocycles. The summed E-state index contributed by atoms with van der Waals surface area (Å²) in [5.74, 6) is 2.31. The fraction of sp³-hybridized carbons (Fsp3) is 0.609. The van der Waals surface area contributed by atoms with Gasteiger partial charge in [-0.15, -0.1) is 0 Å². The van der Waals surface area contributed by atoms with Crippen LogP contribution in [-0.4, -0.2) is 54.5 Å². The van der Waals surface area contributed by atoms with Crippen molar-refractivity contribution in [1.82, 2.24) is 9.80 Å². The van der Waals surface area contributed by atoms with Crippen molar-refractivity contribution in [3.8, 4) is 5.75 Å². The van der Waals surface area contributed by atoms with Crippen LogP contribution < -0.4 is 4.74 Å². The molecule has 3 heterocycles. The number of carbonyl (C=O) groups is 1. The maximum Gasteiger partial charge on any atom is 0.254 e. The Morgan fingerprint density at radius 3 is 2.78 bits per heavy atom. The lowest BCUT2D eigenvalue weighted by Gasteiger charge is -2.54. The van der Waals surface area contributed by atoms with Crippen LogP contribution in [-0.2, 0) is 0 Å². The van der Waals surface area contributed by atoms with E-state index in [1.807, 2.05) is 24.3 Å². The van der Waals surface area contributed by atoms with Gasteiger partial charge in [-0.1, -0.05) is 18.1 Å².